The highest BCUT2D eigenvalue weighted by Gasteiger charge is 2.36. The van der Waals surface area contributed by atoms with Gasteiger partial charge in [0.05, 0.1) is 6.54 Å². The second-order valence-corrected chi connectivity index (χ2v) is 9.86. The summed E-state index contributed by atoms with van der Waals surface area (Å²) in [6.07, 6.45) is -0.970. The Morgan fingerprint density at radius 1 is 1.03 bits per heavy atom. The van der Waals surface area contributed by atoms with Gasteiger partial charge in [0.15, 0.2) is 17.5 Å². The number of nitrogens with zero attached hydrogens (tertiary/aromatic N) is 3. The van der Waals surface area contributed by atoms with Crippen LogP contribution in [0.2, 0.25) is 0 Å². The van der Waals surface area contributed by atoms with Crippen molar-refractivity contribution >= 4 is 27.6 Å². The predicted molar refractivity (Wildman–Crippen MR) is 117 cm³/mol. The highest BCUT2D eigenvalue weighted by molar-refractivity contribution is 7.89. The number of carbonyl (C=O) groups excluding carboxylic acids is 1. The van der Waals surface area contributed by atoms with E-state index in [0.717, 1.165) is 4.31 Å². The Morgan fingerprint density at radius 3 is 2.29 bits per heavy atom. The van der Waals surface area contributed by atoms with Crippen molar-refractivity contribution in [3.05, 3.63) is 59.4 Å². The number of hydrogen-bond donors (Lipinski definition) is 2. The van der Waals surface area contributed by atoms with Gasteiger partial charge in [0.2, 0.25) is 10.0 Å². The Balaban J connectivity index is 1.35. The quantitative estimate of drug-likeness (QED) is 0.356. The summed E-state index contributed by atoms with van der Waals surface area (Å²) in [7, 11) is -4.34. The van der Waals surface area contributed by atoms with Gasteiger partial charge in [-0.2, -0.15) is 4.31 Å². The number of amidine groups is 1. The highest BCUT2D eigenvalue weighted by atomic mass is 32.2. The minimum atomic E-state index is -4.34. The zero-order valence-electron chi connectivity index (χ0n) is 17.9. The lowest BCUT2D eigenvalue weighted by Crippen LogP contribution is -2.50. The van der Waals surface area contributed by atoms with Gasteiger partial charge >= 0.3 is 6.09 Å². The van der Waals surface area contributed by atoms with Crippen molar-refractivity contribution in [1.29, 1.82) is 5.41 Å². The predicted octanol–water partition coefficient (Wildman–Crippen LogP) is 1.72. The fourth-order valence-corrected chi connectivity index (χ4v) is 5.41. The first kappa shape index (κ1) is 24.0. The van der Waals surface area contributed by atoms with E-state index in [2.05, 4.69) is 0 Å². The molecule has 2 aromatic carbocycles. The molecule has 182 valence electrons. The number of nitrogens with two attached hydrogens (primary N) is 1. The van der Waals surface area contributed by atoms with Gasteiger partial charge in [-0.3, -0.25) is 15.2 Å². The van der Waals surface area contributed by atoms with Gasteiger partial charge in [-0.25, -0.2) is 26.4 Å². The van der Waals surface area contributed by atoms with Crippen molar-refractivity contribution in [2.24, 2.45) is 5.73 Å². The number of nitrogens with one attached hydrogen (secondary N) is 1. The number of halogens is 3. The second-order valence-electron chi connectivity index (χ2n) is 7.96. The third-order valence-electron chi connectivity index (χ3n) is 5.77. The summed E-state index contributed by atoms with van der Waals surface area (Å²) in [4.78, 5) is 14.8. The molecule has 9 nitrogen and oxygen atoms in total. The van der Waals surface area contributed by atoms with Crippen LogP contribution in [0.25, 0.3) is 0 Å². The summed E-state index contributed by atoms with van der Waals surface area (Å²) in [6.45, 7) is 1.24. The third-order valence-corrected chi connectivity index (χ3v) is 7.69. The molecule has 2 aromatic rings. The smallest absolute Gasteiger partial charge is 0.414 e. The van der Waals surface area contributed by atoms with E-state index in [9.17, 15) is 26.4 Å². The number of sulfonamides is 1. The van der Waals surface area contributed by atoms with E-state index in [1.165, 1.54) is 4.90 Å². The minimum absolute atomic E-state index is 0.0116. The molecular weight excluding hydrogens is 475 g/mol. The van der Waals surface area contributed by atoms with Gasteiger partial charge < -0.3 is 10.5 Å². The summed E-state index contributed by atoms with van der Waals surface area (Å²) in [5.41, 5.74) is 6.57. The molecule has 13 heteroatoms. The Morgan fingerprint density at radius 2 is 1.68 bits per heavy atom. The van der Waals surface area contributed by atoms with Crippen molar-refractivity contribution in [3.63, 3.8) is 0 Å². The molecule has 0 saturated carbocycles. The van der Waals surface area contributed by atoms with Crippen LogP contribution < -0.4 is 10.6 Å². The maximum absolute atomic E-state index is 14.0. The van der Waals surface area contributed by atoms with E-state index in [-0.39, 0.29) is 38.6 Å². The Bertz CT molecular complexity index is 1220. The van der Waals surface area contributed by atoms with Crippen LogP contribution >= 0.6 is 0 Å². The molecule has 0 spiro atoms. The van der Waals surface area contributed by atoms with Gasteiger partial charge in [-0.05, 0) is 36.4 Å². The highest BCUT2D eigenvalue weighted by Crippen LogP contribution is 2.25. The van der Waals surface area contributed by atoms with Gasteiger partial charge in [-0.1, -0.05) is 0 Å². The van der Waals surface area contributed by atoms with E-state index in [1.807, 2.05) is 4.90 Å². The second kappa shape index (κ2) is 9.24. The zero-order chi connectivity index (χ0) is 24.6. The third kappa shape index (κ3) is 4.58. The molecule has 4 rings (SSSR count). The lowest BCUT2D eigenvalue weighted by atomic mass is 10.2. The van der Waals surface area contributed by atoms with E-state index in [4.69, 9.17) is 15.9 Å². The molecule has 0 aliphatic carbocycles. The van der Waals surface area contributed by atoms with Gasteiger partial charge in [0, 0.05) is 44.0 Å². The van der Waals surface area contributed by atoms with Crippen LogP contribution in [0, 0.1) is 22.9 Å². The number of nitrogen functional groups attached to an aromatic ring is 1. The molecule has 2 fully saturated rings. The molecule has 2 aliphatic rings. The average molecular weight is 497 g/mol. The number of hydrogen-bond acceptors (Lipinski definition) is 6. The number of ether oxygens (including phenoxy) is 1. The molecule has 2 heterocycles. The SMILES string of the molecule is N=C(N)c1ccc(N2CC(CN3CCN(S(=O)(=O)c4ccc(F)c(F)c4F)CC3)OC2=O)cc1. The van der Waals surface area contributed by atoms with Crippen molar-refractivity contribution < 1.29 is 31.1 Å². The van der Waals surface area contributed by atoms with Gasteiger partial charge in [-0.15, -0.1) is 0 Å². The normalized spacial score (nSPS) is 19.9. The molecule has 0 aromatic heterocycles. The molecule has 0 bridgehead atoms. The first-order chi connectivity index (χ1) is 16.1. The van der Waals surface area contributed by atoms with Crippen molar-refractivity contribution in [2.75, 3.05) is 44.2 Å². The van der Waals surface area contributed by atoms with Crippen LogP contribution in [0.15, 0.2) is 41.3 Å². The monoisotopic (exact) mass is 497 g/mol. The molecule has 2 aliphatic heterocycles. The van der Waals surface area contributed by atoms with Crippen LogP contribution in [-0.4, -0.2) is 74.9 Å². The standard InChI is InChI=1S/C21H22F3N5O4S/c22-16-5-6-17(19(24)18(16)23)34(31,32)28-9-7-27(8-10-28)11-15-12-29(21(30)33-15)14-3-1-13(2-4-14)20(25)26/h1-6,15H,7-12H2,(H3,25,26). The molecule has 2 saturated heterocycles. The summed E-state index contributed by atoms with van der Waals surface area (Å²) in [5, 5.41) is 7.44. The number of cyclic esters (lactones) is 1. The molecular formula is C21H22F3N5O4S. The van der Waals surface area contributed by atoms with Crippen LogP contribution in [0.4, 0.5) is 23.7 Å². The summed E-state index contributed by atoms with van der Waals surface area (Å²) < 4.78 is 72.6. The summed E-state index contributed by atoms with van der Waals surface area (Å²) in [6, 6.07) is 7.89. The zero-order valence-corrected chi connectivity index (χ0v) is 18.7. The lowest BCUT2D eigenvalue weighted by Gasteiger charge is -2.34. The lowest BCUT2D eigenvalue weighted by molar-refractivity contribution is 0.0937. The molecule has 0 radical (unpaired) electrons. The fourth-order valence-electron chi connectivity index (χ4n) is 3.94. The first-order valence-electron chi connectivity index (χ1n) is 10.4. The Hall–Kier alpha value is -3.16. The number of carbonyl (C=O) groups is 1. The minimum Gasteiger partial charge on any atom is -0.443 e. The number of benzene rings is 2. The van der Waals surface area contributed by atoms with Crippen LogP contribution in [0.5, 0.6) is 0 Å². The number of rotatable bonds is 6. The van der Waals surface area contributed by atoms with Crippen molar-refractivity contribution in [3.8, 4) is 0 Å². The number of anilines is 1. The summed E-state index contributed by atoms with van der Waals surface area (Å²) in [5.74, 6) is -5.11. The van der Waals surface area contributed by atoms with E-state index in [1.54, 1.807) is 24.3 Å². The van der Waals surface area contributed by atoms with Crippen LogP contribution in [0.3, 0.4) is 0 Å². The average Bonchev–Trinajstić information content (AvgIpc) is 3.17. The Labute approximate surface area is 194 Å². The maximum atomic E-state index is 14.0. The van der Waals surface area contributed by atoms with Crippen LogP contribution in [-0.2, 0) is 14.8 Å². The maximum Gasteiger partial charge on any atom is 0.414 e. The van der Waals surface area contributed by atoms with E-state index in [0.29, 0.717) is 29.9 Å². The molecule has 34 heavy (non-hydrogen) atoms. The number of amides is 1. The van der Waals surface area contributed by atoms with Gasteiger partial charge in [0.1, 0.15) is 16.8 Å². The summed E-state index contributed by atoms with van der Waals surface area (Å²) >= 11 is 0. The van der Waals surface area contributed by atoms with E-state index < -0.39 is 44.6 Å². The molecule has 1 atom stereocenters. The van der Waals surface area contributed by atoms with Crippen LogP contribution in [0.1, 0.15) is 5.56 Å². The molecule has 1 amide bonds. The fraction of sp³-hybridized carbons (Fsp3) is 0.333. The number of piperazine rings is 1. The van der Waals surface area contributed by atoms with E-state index >= 15 is 0 Å². The molecule has 3 N–H and O–H groups in total. The largest absolute Gasteiger partial charge is 0.443 e. The molecule has 1 unspecified atom stereocenters. The van der Waals surface area contributed by atoms with Gasteiger partial charge in [0.25, 0.3) is 0 Å². The first-order valence-corrected chi connectivity index (χ1v) is 11.8. The topological polar surface area (TPSA) is 120 Å². The van der Waals surface area contributed by atoms with Crippen molar-refractivity contribution in [1.82, 2.24) is 9.21 Å². The van der Waals surface area contributed by atoms with Crippen molar-refractivity contribution in [2.45, 2.75) is 11.0 Å². The Kier molecular flexibility index (Phi) is 6.51.